The summed E-state index contributed by atoms with van der Waals surface area (Å²) in [4.78, 5) is 12.5. The third kappa shape index (κ3) is 6.06. The SMILES string of the molecule is Cc1ccc(S(=O)(=O)Cc2ccc(C(=O)NCCC3CCNC3)cc2)cc1.Cl. The number of carbonyl (C=O) groups is 1. The third-order valence-corrected chi connectivity index (χ3v) is 6.66. The molecular weight excluding hydrogens is 396 g/mol. The Balaban J connectivity index is 0.00000280. The number of rotatable bonds is 7. The number of carbonyl (C=O) groups excluding carboxylic acids is 1. The Bertz CT molecular complexity index is 875. The standard InChI is InChI=1S/C21H26N2O3S.ClH/c1-16-2-8-20(9-3-16)27(25,26)15-18-4-6-19(7-5-18)21(24)23-13-11-17-10-12-22-14-17;/h2-9,17,22H,10-15H2,1H3,(H,23,24);1H. The summed E-state index contributed by atoms with van der Waals surface area (Å²) in [6, 6.07) is 13.6. The van der Waals surface area contributed by atoms with Gasteiger partial charge in [-0.25, -0.2) is 8.42 Å². The Morgan fingerprint density at radius 3 is 2.39 bits per heavy atom. The Hall–Kier alpha value is -1.89. The molecule has 1 fully saturated rings. The van der Waals surface area contributed by atoms with Crippen LogP contribution in [0.15, 0.2) is 53.4 Å². The number of amides is 1. The predicted octanol–water partition coefficient (Wildman–Crippen LogP) is 3.12. The molecule has 5 nitrogen and oxygen atoms in total. The largest absolute Gasteiger partial charge is 0.352 e. The van der Waals surface area contributed by atoms with E-state index in [9.17, 15) is 13.2 Å². The average molecular weight is 423 g/mol. The summed E-state index contributed by atoms with van der Waals surface area (Å²) in [5.74, 6) is 0.445. The van der Waals surface area contributed by atoms with Crippen LogP contribution in [0, 0.1) is 12.8 Å². The van der Waals surface area contributed by atoms with Gasteiger partial charge in [0.05, 0.1) is 10.6 Å². The summed E-state index contributed by atoms with van der Waals surface area (Å²) in [6.07, 6.45) is 2.14. The highest BCUT2D eigenvalue weighted by Gasteiger charge is 2.16. The van der Waals surface area contributed by atoms with Crippen LogP contribution in [0.2, 0.25) is 0 Å². The predicted molar refractivity (Wildman–Crippen MR) is 114 cm³/mol. The summed E-state index contributed by atoms with van der Waals surface area (Å²) in [5.41, 5.74) is 2.24. The topological polar surface area (TPSA) is 75.3 Å². The van der Waals surface area contributed by atoms with Crippen LogP contribution in [-0.2, 0) is 15.6 Å². The smallest absolute Gasteiger partial charge is 0.251 e. The van der Waals surface area contributed by atoms with Crippen molar-refractivity contribution in [2.45, 2.75) is 30.4 Å². The lowest BCUT2D eigenvalue weighted by Gasteiger charge is -2.10. The highest BCUT2D eigenvalue weighted by molar-refractivity contribution is 7.90. The lowest BCUT2D eigenvalue weighted by molar-refractivity contribution is 0.0951. The molecule has 1 unspecified atom stereocenters. The van der Waals surface area contributed by atoms with Crippen LogP contribution in [0.4, 0.5) is 0 Å². The van der Waals surface area contributed by atoms with Crippen LogP contribution >= 0.6 is 12.4 Å². The van der Waals surface area contributed by atoms with E-state index in [1.54, 1.807) is 48.5 Å². The zero-order valence-electron chi connectivity index (χ0n) is 16.0. The maximum absolute atomic E-state index is 12.5. The fourth-order valence-electron chi connectivity index (χ4n) is 3.25. The van der Waals surface area contributed by atoms with Crippen LogP contribution in [0.3, 0.4) is 0 Å². The first-order valence-corrected chi connectivity index (χ1v) is 11.0. The lowest BCUT2D eigenvalue weighted by Crippen LogP contribution is -2.26. The number of halogens is 1. The minimum atomic E-state index is -3.39. The van der Waals surface area contributed by atoms with E-state index >= 15 is 0 Å². The van der Waals surface area contributed by atoms with Crippen LogP contribution in [0.5, 0.6) is 0 Å². The van der Waals surface area contributed by atoms with Crippen molar-refractivity contribution in [3.05, 3.63) is 65.2 Å². The minimum absolute atomic E-state index is 0. The molecule has 2 N–H and O–H groups in total. The fraction of sp³-hybridized carbons (Fsp3) is 0.381. The van der Waals surface area contributed by atoms with Gasteiger partial charge in [-0.2, -0.15) is 0 Å². The fourth-order valence-corrected chi connectivity index (χ4v) is 4.60. The molecule has 0 aromatic heterocycles. The molecule has 1 atom stereocenters. The van der Waals surface area contributed by atoms with Crippen LogP contribution in [0.25, 0.3) is 0 Å². The number of hydrogen-bond donors (Lipinski definition) is 2. The third-order valence-electron chi connectivity index (χ3n) is 4.95. The van der Waals surface area contributed by atoms with Gasteiger partial charge in [0, 0.05) is 12.1 Å². The van der Waals surface area contributed by atoms with Crippen molar-refractivity contribution >= 4 is 28.2 Å². The van der Waals surface area contributed by atoms with Crippen molar-refractivity contribution in [3.8, 4) is 0 Å². The molecule has 0 saturated carbocycles. The molecule has 1 aliphatic rings. The number of aryl methyl sites for hydroxylation is 1. The maximum Gasteiger partial charge on any atom is 0.251 e. The van der Waals surface area contributed by atoms with Crippen molar-refractivity contribution in [2.24, 2.45) is 5.92 Å². The molecule has 0 spiro atoms. The van der Waals surface area contributed by atoms with Crippen LogP contribution in [-0.4, -0.2) is 34.0 Å². The zero-order chi connectivity index (χ0) is 19.3. The molecule has 0 aliphatic carbocycles. The average Bonchev–Trinajstić information content (AvgIpc) is 3.16. The Kier molecular flexibility index (Phi) is 8.04. The van der Waals surface area contributed by atoms with E-state index in [0.717, 1.165) is 25.1 Å². The molecule has 152 valence electrons. The van der Waals surface area contributed by atoms with Gasteiger partial charge in [-0.1, -0.05) is 29.8 Å². The first-order chi connectivity index (χ1) is 12.9. The van der Waals surface area contributed by atoms with E-state index < -0.39 is 9.84 Å². The zero-order valence-corrected chi connectivity index (χ0v) is 17.6. The molecule has 28 heavy (non-hydrogen) atoms. The van der Waals surface area contributed by atoms with Gasteiger partial charge >= 0.3 is 0 Å². The van der Waals surface area contributed by atoms with Gasteiger partial charge in [0.15, 0.2) is 9.84 Å². The minimum Gasteiger partial charge on any atom is -0.352 e. The van der Waals surface area contributed by atoms with E-state index in [0.29, 0.717) is 28.5 Å². The first-order valence-electron chi connectivity index (χ1n) is 9.31. The number of hydrogen-bond acceptors (Lipinski definition) is 4. The second-order valence-corrected chi connectivity index (χ2v) is 9.16. The highest BCUT2D eigenvalue weighted by atomic mass is 35.5. The quantitative estimate of drug-likeness (QED) is 0.718. The molecule has 1 aliphatic heterocycles. The molecule has 1 amide bonds. The molecule has 0 radical (unpaired) electrons. The van der Waals surface area contributed by atoms with Crippen molar-refractivity contribution in [1.29, 1.82) is 0 Å². The van der Waals surface area contributed by atoms with Crippen molar-refractivity contribution in [2.75, 3.05) is 19.6 Å². The van der Waals surface area contributed by atoms with E-state index in [1.807, 2.05) is 6.92 Å². The molecule has 2 aromatic carbocycles. The Morgan fingerprint density at radius 2 is 1.79 bits per heavy atom. The van der Waals surface area contributed by atoms with Crippen molar-refractivity contribution in [1.82, 2.24) is 10.6 Å². The van der Waals surface area contributed by atoms with Gasteiger partial charge < -0.3 is 10.6 Å². The van der Waals surface area contributed by atoms with E-state index in [4.69, 9.17) is 0 Å². The summed E-state index contributed by atoms with van der Waals surface area (Å²) in [7, 11) is -3.39. The summed E-state index contributed by atoms with van der Waals surface area (Å²) < 4.78 is 25.0. The summed E-state index contributed by atoms with van der Waals surface area (Å²) in [6.45, 7) is 4.67. The van der Waals surface area contributed by atoms with Gasteiger partial charge in [0.2, 0.25) is 0 Å². The first kappa shape index (κ1) is 22.4. The second kappa shape index (κ2) is 10.0. The van der Waals surface area contributed by atoms with Gasteiger partial charge in [-0.05, 0) is 68.6 Å². The van der Waals surface area contributed by atoms with Crippen LogP contribution in [0.1, 0.15) is 34.3 Å². The molecule has 0 bridgehead atoms. The van der Waals surface area contributed by atoms with Crippen LogP contribution < -0.4 is 10.6 Å². The summed E-state index contributed by atoms with van der Waals surface area (Å²) in [5, 5.41) is 6.26. The van der Waals surface area contributed by atoms with E-state index in [-0.39, 0.29) is 24.1 Å². The maximum atomic E-state index is 12.5. The monoisotopic (exact) mass is 422 g/mol. The number of sulfone groups is 1. The van der Waals surface area contributed by atoms with E-state index in [2.05, 4.69) is 10.6 Å². The van der Waals surface area contributed by atoms with Crippen molar-refractivity contribution in [3.63, 3.8) is 0 Å². The lowest BCUT2D eigenvalue weighted by atomic mass is 10.1. The Morgan fingerprint density at radius 1 is 1.11 bits per heavy atom. The highest BCUT2D eigenvalue weighted by Crippen LogP contribution is 2.18. The number of benzene rings is 2. The van der Waals surface area contributed by atoms with Gasteiger partial charge in [0.25, 0.3) is 5.91 Å². The van der Waals surface area contributed by atoms with Gasteiger partial charge in [-0.15, -0.1) is 12.4 Å². The molecule has 1 saturated heterocycles. The normalized spacial score (nSPS) is 16.4. The molecule has 3 rings (SSSR count). The Labute approximate surface area is 173 Å². The van der Waals surface area contributed by atoms with E-state index in [1.165, 1.54) is 6.42 Å². The van der Waals surface area contributed by atoms with Gasteiger partial charge in [0.1, 0.15) is 0 Å². The molecule has 2 aromatic rings. The number of nitrogens with one attached hydrogen (secondary N) is 2. The van der Waals surface area contributed by atoms with Gasteiger partial charge in [-0.3, -0.25) is 4.79 Å². The van der Waals surface area contributed by atoms with Crippen molar-refractivity contribution < 1.29 is 13.2 Å². The molecular formula is C21H27ClN2O3S. The summed E-state index contributed by atoms with van der Waals surface area (Å²) >= 11 is 0. The molecule has 7 heteroatoms. The molecule has 1 heterocycles. The second-order valence-electron chi connectivity index (χ2n) is 7.17.